The number of hydrogen-bond donors (Lipinski definition) is 2. The molecule has 0 saturated heterocycles. The lowest BCUT2D eigenvalue weighted by molar-refractivity contribution is 0.0761. The van der Waals surface area contributed by atoms with Gasteiger partial charge in [-0.15, -0.1) is 0 Å². The molecule has 0 saturated carbocycles. The molecule has 0 bridgehead atoms. The normalized spacial score (nSPS) is 14.4. The third kappa shape index (κ3) is 6.81. The second-order valence-corrected chi connectivity index (χ2v) is 14.0. The molecule has 0 aliphatic heterocycles. The van der Waals surface area contributed by atoms with Crippen LogP contribution in [0.1, 0.15) is 106 Å². The molecule has 34 heavy (non-hydrogen) atoms. The summed E-state index contributed by atoms with van der Waals surface area (Å²) in [6, 6.07) is 0. The monoisotopic (exact) mass is 500 g/mol. The van der Waals surface area contributed by atoms with E-state index in [1.54, 1.807) is 0 Å². The van der Waals surface area contributed by atoms with Crippen molar-refractivity contribution in [2.24, 2.45) is 22.2 Å². The second kappa shape index (κ2) is 10.7. The Labute approximate surface area is 208 Å². The topological polar surface area (TPSA) is 93.1 Å². The van der Waals surface area contributed by atoms with Crippen LogP contribution in [0.5, 0.6) is 17.2 Å². The minimum absolute atomic E-state index is 0.00504. The van der Waals surface area contributed by atoms with Gasteiger partial charge in [0.15, 0.2) is 16.4 Å². The maximum Gasteiger partial charge on any atom is 0.302 e. The SMILES string of the molecule is CCCc1c(OC)c(S(=O)(=O)O)c(O)c(OC)c1C(C(C)(C)CC(C)C)C(C)(C)CC(C)(C)C. The Morgan fingerprint density at radius 3 is 1.76 bits per heavy atom. The van der Waals surface area contributed by atoms with Crippen LogP contribution < -0.4 is 9.47 Å². The first-order valence-corrected chi connectivity index (χ1v) is 13.7. The number of phenols is 1. The molecular formula is C27H48O6S. The third-order valence-electron chi connectivity index (χ3n) is 6.42. The van der Waals surface area contributed by atoms with Crippen LogP contribution in [-0.2, 0) is 16.5 Å². The number of aromatic hydroxyl groups is 1. The fraction of sp³-hybridized carbons (Fsp3) is 0.778. The number of rotatable bonds is 11. The average Bonchev–Trinajstić information content (AvgIpc) is 2.58. The Morgan fingerprint density at radius 2 is 1.41 bits per heavy atom. The quantitative estimate of drug-likeness (QED) is 0.311. The van der Waals surface area contributed by atoms with E-state index in [9.17, 15) is 18.1 Å². The van der Waals surface area contributed by atoms with Gasteiger partial charge in [-0.05, 0) is 47.3 Å². The zero-order valence-electron chi connectivity index (χ0n) is 23.4. The van der Waals surface area contributed by atoms with E-state index in [2.05, 4.69) is 62.3 Å². The van der Waals surface area contributed by atoms with Crippen LogP contribution >= 0.6 is 0 Å². The Balaban J connectivity index is 4.33. The van der Waals surface area contributed by atoms with E-state index >= 15 is 0 Å². The summed E-state index contributed by atoms with van der Waals surface area (Å²) in [4.78, 5) is -0.631. The summed E-state index contributed by atoms with van der Waals surface area (Å²) in [6.45, 7) is 22.0. The highest BCUT2D eigenvalue weighted by atomic mass is 32.2. The minimum atomic E-state index is -4.77. The number of hydrogen-bond acceptors (Lipinski definition) is 5. The van der Waals surface area contributed by atoms with E-state index in [1.807, 2.05) is 6.92 Å². The van der Waals surface area contributed by atoms with Gasteiger partial charge < -0.3 is 14.6 Å². The van der Waals surface area contributed by atoms with Crippen LogP contribution in [0.4, 0.5) is 0 Å². The van der Waals surface area contributed by atoms with E-state index in [0.29, 0.717) is 17.9 Å². The van der Waals surface area contributed by atoms with Gasteiger partial charge in [-0.3, -0.25) is 4.55 Å². The van der Waals surface area contributed by atoms with Crippen molar-refractivity contribution in [3.05, 3.63) is 11.1 Å². The van der Waals surface area contributed by atoms with Crippen molar-refractivity contribution in [1.29, 1.82) is 0 Å². The van der Waals surface area contributed by atoms with Gasteiger partial charge in [0.1, 0.15) is 5.75 Å². The first-order valence-electron chi connectivity index (χ1n) is 12.2. The lowest BCUT2D eigenvalue weighted by Crippen LogP contribution is -2.38. The molecule has 0 spiro atoms. The van der Waals surface area contributed by atoms with Crippen LogP contribution in [0.2, 0.25) is 0 Å². The lowest BCUT2D eigenvalue weighted by atomic mass is 9.55. The Bertz CT molecular complexity index is 953. The summed E-state index contributed by atoms with van der Waals surface area (Å²) in [6.07, 6.45) is 3.05. The maximum atomic E-state index is 12.3. The zero-order chi connectivity index (χ0) is 26.9. The van der Waals surface area contributed by atoms with Crippen molar-refractivity contribution >= 4 is 10.1 Å². The molecular weight excluding hydrogens is 452 g/mol. The van der Waals surface area contributed by atoms with Gasteiger partial charge in [0.05, 0.1) is 14.2 Å². The van der Waals surface area contributed by atoms with E-state index < -0.39 is 20.8 Å². The standard InChI is InChI=1S/C27H48O6S/c1-13-14-18-19(22(33-12)20(28)23(21(18)32-11)34(29,30)31)24(26(7,8)15-17(2)3)27(9,10)16-25(4,5)6/h17,24,28H,13-16H2,1-12H3,(H,29,30,31). The molecule has 1 rings (SSSR count). The number of phenolic OH excluding ortho intramolecular Hbond substituents is 1. The van der Waals surface area contributed by atoms with E-state index in [4.69, 9.17) is 9.47 Å². The van der Waals surface area contributed by atoms with Crippen molar-refractivity contribution in [1.82, 2.24) is 0 Å². The first-order chi connectivity index (χ1) is 15.2. The van der Waals surface area contributed by atoms with Gasteiger partial charge in [0.25, 0.3) is 0 Å². The summed E-state index contributed by atoms with van der Waals surface area (Å²) in [5.74, 6) is -0.187. The molecule has 1 atom stereocenters. The molecule has 1 aromatic carbocycles. The second-order valence-electron chi connectivity index (χ2n) is 12.6. The third-order valence-corrected chi connectivity index (χ3v) is 7.31. The van der Waals surface area contributed by atoms with Crippen LogP contribution in [0.3, 0.4) is 0 Å². The summed E-state index contributed by atoms with van der Waals surface area (Å²) >= 11 is 0. The van der Waals surface area contributed by atoms with Gasteiger partial charge in [-0.25, -0.2) is 0 Å². The fourth-order valence-corrected chi connectivity index (χ4v) is 7.46. The molecule has 1 unspecified atom stereocenters. The molecule has 0 heterocycles. The molecule has 198 valence electrons. The number of ether oxygens (including phenoxy) is 2. The predicted molar refractivity (Wildman–Crippen MR) is 139 cm³/mol. The molecule has 6 nitrogen and oxygen atoms in total. The van der Waals surface area contributed by atoms with Crippen molar-refractivity contribution in [2.45, 2.75) is 106 Å². The van der Waals surface area contributed by atoms with E-state index in [1.165, 1.54) is 14.2 Å². The Kier molecular flexibility index (Phi) is 9.57. The van der Waals surface area contributed by atoms with Gasteiger partial charge in [-0.1, -0.05) is 75.7 Å². The fourth-order valence-electron chi connectivity index (χ4n) is 6.68. The molecule has 0 aliphatic rings. The van der Waals surface area contributed by atoms with Crippen molar-refractivity contribution in [3.63, 3.8) is 0 Å². The number of methoxy groups -OCH3 is 2. The average molecular weight is 501 g/mol. The van der Waals surface area contributed by atoms with Gasteiger partial charge >= 0.3 is 10.1 Å². The lowest BCUT2D eigenvalue weighted by Gasteiger charge is -2.49. The Hall–Kier alpha value is -1.47. The summed E-state index contributed by atoms with van der Waals surface area (Å²) in [7, 11) is -1.97. The van der Waals surface area contributed by atoms with Crippen LogP contribution in [0.15, 0.2) is 4.90 Å². The van der Waals surface area contributed by atoms with Gasteiger partial charge in [0, 0.05) is 11.1 Å². The Morgan fingerprint density at radius 1 is 0.912 bits per heavy atom. The van der Waals surface area contributed by atoms with Crippen LogP contribution in [0, 0.1) is 22.2 Å². The summed E-state index contributed by atoms with van der Waals surface area (Å²) < 4.78 is 45.9. The van der Waals surface area contributed by atoms with E-state index in [-0.39, 0.29) is 33.7 Å². The van der Waals surface area contributed by atoms with Crippen molar-refractivity contribution < 1.29 is 27.6 Å². The van der Waals surface area contributed by atoms with Gasteiger partial charge in [0.2, 0.25) is 0 Å². The summed E-state index contributed by atoms with van der Waals surface area (Å²) in [5.41, 5.74) is 0.996. The molecule has 0 radical (unpaired) electrons. The highest BCUT2D eigenvalue weighted by Gasteiger charge is 2.47. The number of benzene rings is 1. The highest BCUT2D eigenvalue weighted by Crippen LogP contribution is 2.60. The molecule has 1 aromatic rings. The predicted octanol–water partition coefficient (Wildman–Crippen LogP) is 7.23. The molecule has 7 heteroatoms. The van der Waals surface area contributed by atoms with Crippen molar-refractivity contribution in [2.75, 3.05) is 14.2 Å². The van der Waals surface area contributed by atoms with Crippen LogP contribution in [0.25, 0.3) is 0 Å². The molecule has 0 aliphatic carbocycles. The maximum absolute atomic E-state index is 12.3. The molecule has 0 amide bonds. The van der Waals surface area contributed by atoms with Crippen LogP contribution in [-0.4, -0.2) is 32.3 Å². The largest absolute Gasteiger partial charge is 0.503 e. The van der Waals surface area contributed by atoms with E-state index in [0.717, 1.165) is 24.8 Å². The highest BCUT2D eigenvalue weighted by molar-refractivity contribution is 7.86. The zero-order valence-corrected chi connectivity index (χ0v) is 24.2. The molecule has 0 fully saturated rings. The first kappa shape index (κ1) is 30.6. The molecule has 0 aromatic heterocycles. The minimum Gasteiger partial charge on any atom is -0.503 e. The summed E-state index contributed by atoms with van der Waals surface area (Å²) in [5, 5.41) is 11.2. The molecule has 2 N–H and O–H groups in total. The van der Waals surface area contributed by atoms with Gasteiger partial charge in [-0.2, -0.15) is 8.42 Å². The smallest absolute Gasteiger partial charge is 0.302 e. The van der Waals surface area contributed by atoms with Crippen molar-refractivity contribution in [3.8, 4) is 17.2 Å².